The van der Waals surface area contributed by atoms with Gasteiger partial charge in [0.25, 0.3) is 0 Å². The van der Waals surface area contributed by atoms with Gasteiger partial charge in [0.1, 0.15) is 0 Å². The maximum absolute atomic E-state index is 11.9. The molecule has 0 spiro atoms. The highest BCUT2D eigenvalue weighted by Gasteiger charge is 2.24. The van der Waals surface area contributed by atoms with Crippen LogP contribution in [0.1, 0.15) is 11.1 Å². The zero-order valence-electron chi connectivity index (χ0n) is 10.7. The number of benzene rings is 2. The lowest BCUT2D eigenvalue weighted by Gasteiger charge is -1.98. The smallest absolute Gasteiger partial charge is 0.363 e. The van der Waals surface area contributed by atoms with Gasteiger partial charge < -0.3 is 4.74 Å². The molecular formula is C16H9Cl2NO2. The molecule has 2 aromatic rings. The van der Waals surface area contributed by atoms with Crippen LogP contribution in [0.15, 0.2) is 59.2 Å². The molecule has 104 valence electrons. The highest BCUT2D eigenvalue weighted by Crippen LogP contribution is 2.25. The number of rotatable bonds is 2. The molecule has 1 heterocycles. The summed E-state index contributed by atoms with van der Waals surface area (Å²) in [6, 6.07) is 14.3. The van der Waals surface area contributed by atoms with Crippen molar-refractivity contribution in [2.45, 2.75) is 0 Å². The molecule has 0 saturated heterocycles. The van der Waals surface area contributed by atoms with Crippen molar-refractivity contribution in [2.75, 3.05) is 0 Å². The summed E-state index contributed by atoms with van der Waals surface area (Å²) < 4.78 is 5.17. The van der Waals surface area contributed by atoms with Gasteiger partial charge in [-0.3, -0.25) is 0 Å². The Morgan fingerprint density at radius 1 is 1.05 bits per heavy atom. The third kappa shape index (κ3) is 2.99. The molecule has 0 amide bonds. The van der Waals surface area contributed by atoms with Crippen molar-refractivity contribution in [3.8, 4) is 0 Å². The maximum Gasteiger partial charge on any atom is 0.363 e. The van der Waals surface area contributed by atoms with Gasteiger partial charge in [-0.1, -0.05) is 47.5 Å². The number of nitrogens with zero attached hydrogens (tertiary/aromatic N) is 1. The summed E-state index contributed by atoms with van der Waals surface area (Å²) in [6.07, 6.45) is 1.58. The molecule has 2 aromatic carbocycles. The summed E-state index contributed by atoms with van der Waals surface area (Å²) in [6.45, 7) is 0. The minimum Gasteiger partial charge on any atom is -0.402 e. The monoisotopic (exact) mass is 317 g/mol. The van der Waals surface area contributed by atoms with Crippen LogP contribution in [-0.4, -0.2) is 11.9 Å². The largest absolute Gasteiger partial charge is 0.402 e. The highest BCUT2D eigenvalue weighted by atomic mass is 35.5. The number of hydrogen-bond acceptors (Lipinski definition) is 3. The van der Waals surface area contributed by atoms with Crippen molar-refractivity contribution < 1.29 is 9.53 Å². The van der Waals surface area contributed by atoms with Crippen molar-refractivity contribution in [3.63, 3.8) is 0 Å². The molecule has 0 atom stereocenters. The van der Waals surface area contributed by atoms with Crippen molar-refractivity contribution in [1.82, 2.24) is 0 Å². The molecule has 21 heavy (non-hydrogen) atoms. The first kappa shape index (κ1) is 13.9. The summed E-state index contributed by atoms with van der Waals surface area (Å²) in [5.74, 6) is -0.211. The molecule has 1 aliphatic heterocycles. The first-order chi connectivity index (χ1) is 10.1. The van der Waals surface area contributed by atoms with Gasteiger partial charge >= 0.3 is 5.97 Å². The fourth-order valence-corrected chi connectivity index (χ4v) is 2.34. The molecule has 0 bridgehead atoms. The van der Waals surface area contributed by atoms with Crippen LogP contribution in [-0.2, 0) is 9.53 Å². The first-order valence-electron chi connectivity index (χ1n) is 6.16. The van der Waals surface area contributed by atoms with Crippen LogP contribution >= 0.6 is 23.2 Å². The molecule has 0 fully saturated rings. The zero-order valence-corrected chi connectivity index (χ0v) is 12.2. The summed E-state index contributed by atoms with van der Waals surface area (Å²) >= 11 is 11.9. The van der Waals surface area contributed by atoms with Crippen molar-refractivity contribution in [1.29, 1.82) is 0 Å². The Kier molecular flexibility index (Phi) is 3.78. The number of hydrogen-bond donors (Lipinski definition) is 0. The van der Waals surface area contributed by atoms with Crippen LogP contribution in [0.5, 0.6) is 0 Å². The molecule has 5 heteroatoms. The van der Waals surface area contributed by atoms with Gasteiger partial charge in [-0.05, 0) is 35.9 Å². The predicted octanol–water partition coefficient (Wildman–Crippen LogP) is 4.34. The Morgan fingerprint density at radius 2 is 1.81 bits per heavy atom. The second kappa shape index (κ2) is 5.72. The second-order valence-corrected chi connectivity index (χ2v) is 5.21. The van der Waals surface area contributed by atoms with E-state index in [-0.39, 0.29) is 11.6 Å². The molecule has 0 saturated carbocycles. The van der Waals surface area contributed by atoms with E-state index in [2.05, 4.69) is 4.99 Å². The maximum atomic E-state index is 11.9. The minimum atomic E-state index is -0.500. The van der Waals surface area contributed by atoms with Gasteiger partial charge in [-0.15, -0.1) is 0 Å². The van der Waals surface area contributed by atoms with Crippen LogP contribution in [0, 0.1) is 0 Å². The van der Waals surface area contributed by atoms with Crippen LogP contribution in [0.3, 0.4) is 0 Å². The Labute approximate surface area is 131 Å². The Balaban J connectivity index is 1.97. The van der Waals surface area contributed by atoms with Gasteiger partial charge in [0.15, 0.2) is 5.70 Å². The molecule has 3 rings (SSSR count). The average Bonchev–Trinajstić information content (AvgIpc) is 2.84. The number of halogens is 2. The van der Waals surface area contributed by atoms with Crippen molar-refractivity contribution in [3.05, 3.63) is 75.4 Å². The Morgan fingerprint density at radius 3 is 2.52 bits per heavy atom. The predicted molar refractivity (Wildman–Crippen MR) is 83.5 cm³/mol. The van der Waals surface area contributed by atoms with Gasteiger partial charge in [-0.2, -0.15) is 0 Å². The normalized spacial score (nSPS) is 16.0. The molecule has 0 aliphatic carbocycles. The zero-order chi connectivity index (χ0) is 14.8. The lowest BCUT2D eigenvalue weighted by Crippen LogP contribution is -2.04. The van der Waals surface area contributed by atoms with Crippen molar-refractivity contribution in [2.24, 2.45) is 4.99 Å². The fraction of sp³-hybridized carbons (Fsp3) is 0. The van der Waals surface area contributed by atoms with Gasteiger partial charge in [0.2, 0.25) is 5.90 Å². The van der Waals surface area contributed by atoms with E-state index in [9.17, 15) is 4.79 Å². The molecule has 0 unspecified atom stereocenters. The molecule has 0 radical (unpaired) electrons. The quantitative estimate of drug-likeness (QED) is 0.610. The molecule has 0 aromatic heterocycles. The summed E-state index contributed by atoms with van der Waals surface area (Å²) in [7, 11) is 0. The topological polar surface area (TPSA) is 38.7 Å². The van der Waals surface area contributed by atoms with E-state index in [1.54, 1.807) is 24.3 Å². The molecule has 0 N–H and O–H groups in total. The minimum absolute atomic E-state index is 0.207. The van der Waals surface area contributed by atoms with Crippen molar-refractivity contribution >= 4 is 41.1 Å². The third-order valence-electron chi connectivity index (χ3n) is 2.90. The van der Waals surface area contributed by atoms with Crippen LogP contribution in [0.4, 0.5) is 0 Å². The van der Waals surface area contributed by atoms with E-state index in [1.165, 1.54) is 0 Å². The van der Waals surface area contributed by atoms with E-state index in [0.717, 1.165) is 5.56 Å². The molecular weight excluding hydrogens is 309 g/mol. The van der Waals surface area contributed by atoms with Gasteiger partial charge in [0.05, 0.1) is 0 Å². The molecule has 3 nitrogen and oxygen atoms in total. The van der Waals surface area contributed by atoms with Gasteiger partial charge in [0, 0.05) is 15.6 Å². The van der Waals surface area contributed by atoms with Crippen LogP contribution < -0.4 is 0 Å². The van der Waals surface area contributed by atoms with Crippen LogP contribution in [0.2, 0.25) is 10.0 Å². The number of aliphatic imine (C=N–C) groups is 1. The number of carbonyl (C=O) groups is 1. The fourth-order valence-electron chi connectivity index (χ4n) is 1.88. The number of esters is 1. The Bertz CT molecular complexity index is 767. The summed E-state index contributed by atoms with van der Waals surface area (Å²) in [5, 5.41) is 0.982. The Hall–Kier alpha value is -2.10. The van der Waals surface area contributed by atoms with E-state index in [1.807, 2.05) is 30.3 Å². The third-order valence-corrected chi connectivity index (χ3v) is 3.46. The number of cyclic esters (lactones) is 1. The molecule has 1 aliphatic rings. The van der Waals surface area contributed by atoms with E-state index < -0.39 is 5.97 Å². The van der Waals surface area contributed by atoms with E-state index in [0.29, 0.717) is 15.6 Å². The second-order valence-electron chi connectivity index (χ2n) is 4.37. The number of carbonyl (C=O) groups excluding carboxylic acids is 1. The lowest BCUT2D eigenvalue weighted by atomic mass is 10.2. The summed E-state index contributed by atoms with van der Waals surface area (Å²) in [5.41, 5.74) is 1.61. The highest BCUT2D eigenvalue weighted by molar-refractivity contribution is 6.35. The first-order valence-corrected chi connectivity index (χ1v) is 6.92. The average molecular weight is 318 g/mol. The SMILES string of the molecule is O=C1OC(c2ccccc2)=N/C1=C\c1ccc(Cl)cc1Cl. The van der Waals surface area contributed by atoms with Gasteiger partial charge in [-0.25, -0.2) is 9.79 Å². The number of ether oxygens (including phenoxy) is 1. The standard InChI is InChI=1S/C16H9Cl2NO2/c17-12-7-6-11(13(18)9-12)8-14-16(20)21-15(19-14)10-4-2-1-3-5-10/h1-9H/b14-8-. The van der Waals surface area contributed by atoms with E-state index >= 15 is 0 Å². The summed E-state index contributed by atoms with van der Waals surface area (Å²) in [4.78, 5) is 16.1. The van der Waals surface area contributed by atoms with Crippen LogP contribution in [0.25, 0.3) is 6.08 Å². The van der Waals surface area contributed by atoms with E-state index in [4.69, 9.17) is 27.9 Å². The lowest BCUT2D eigenvalue weighted by molar-refractivity contribution is -0.129.